The second-order valence-electron chi connectivity index (χ2n) is 6.90. The topological polar surface area (TPSA) is 66.5 Å². The fraction of sp³-hybridized carbons (Fsp3) is 0.350. The molecule has 0 heterocycles. The second-order valence-corrected chi connectivity index (χ2v) is 8.76. The van der Waals surface area contributed by atoms with Crippen LogP contribution in [0, 0.1) is 12.7 Å². The van der Waals surface area contributed by atoms with Gasteiger partial charge in [0, 0.05) is 5.69 Å². The zero-order valence-corrected chi connectivity index (χ0v) is 17.0. The van der Waals surface area contributed by atoms with Crippen molar-refractivity contribution in [2.45, 2.75) is 39.7 Å². The Morgan fingerprint density at radius 1 is 1.11 bits per heavy atom. The van der Waals surface area contributed by atoms with Crippen molar-refractivity contribution in [3.63, 3.8) is 0 Å². The molecular weight excluding hydrogens is 367 g/mol. The van der Waals surface area contributed by atoms with E-state index < -0.39 is 27.8 Å². The third-order valence-electron chi connectivity index (χ3n) is 4.33. The van der Waals surface area contributed by atoms with E-state index >= 15 is 0 Å². The monoisotopic (exact) mass is 392 g/mol. The van der Waals surface area contributed by atoms with E-state index in [0.29, 0.717) is 5.69 Å². The van der Waals surface area contributed by atoms with Gasteiger partial charge in [-0.3, -0.25) is 9.10 Å². The van der Waals surface area contributed by atoms with Gasteiger partial charge in [0.1, 0.15) is 11.9 Å². The lowest BCUT2D eigenvalue weighted by atomic mass is 9.98. The van der Waals surface area contributed by atoms with Gasteiger partial charge in [0.2, 0.25) is 15.9 Å². The highest BCUT2D eigenvalue weighted by atomic mass is 32.2. The molecule has 1 unspecified atom stereocenters. The Hall–Kier alpha value is -2.41. The van der Waals surface area contributed by atoms with Crippen molar-refractivity contribution < 1.29 is 17.6 Å². The summed E-state index contributed by atoms with van der Waals surface area (Å²) in [5.74, 6) is -0.875. The molecule has 2 aromatic carbocycles. The molecule has 7 heteroatoms. The fourth-order valence-corrected chi connectivity index (χ4v) is 4.16. The Bertz CT molecular complexity index is 942. The minimum atomic E-state index is -3.80. The highest BCUT2D eigenvalue weighted by Crippen LogP contribution is 2.28. The van der Waals surface area contributed by atoms with Crippen molar-refractivity contribution >= 4 is 27.3 Å². The summed E-state index contributed by atoms with van der Waals surface area (Å²) < 4.78 is 39.1. The van der Waals surface area contributed by atoms with Crippen LogP contribution in [-0.2, 0) is 14.8 Å². The Labute approximate surface area is 160 Å². The van der Waals surface area contributed by atoms with Crippen molar-refractivity contribution in [2.75, 3.05) is 15.9 Å². The predicted molar refractivity (Wildman–Crippen MR) is 107 cm³/mol. The lowest BCUT2D eigenvalue weighted by Crippen LogP contribution is -2.45. The van der Waals surface area contributed by atoms with Crippen LogP contribution in [0.1, 0.15) is 37.8 Å². The molecule has 1 atom stereocenters. The Kier molecular flexibility index (Phi) is 6.26. The average molecular weight is 392 g/mol. The molecule has 0 saturated carbocycles. The van der Waals surface area contributed by atoms with Crippen LogP contribution in [0.2, 0.25) is 0 Å². The number of aryl methyl sites for hydroxylation is 1. The Morgan fingerprint density at radius 2 is 1.74 bits per heavy atom. The number of sulfonamides is 1. The number of rotatable bonds is 6. The van der Waals surface area contributed by atoms with Gasteiger partial charge in [0.05, 0.1) is 11.9 Å². The molecule has 0 bridgehead atoms. The summed E-state index contributed by atoms with van der Waals surface area (Å²) in [5.41, 5.74) is 2.64. The molecule has 1 N–H and O–H groups in total. The molecule has 2 aromatic rings. The summed E-state index contributed by atoms with van der Waals surface area (Å²) in [5, 5.41) is 2.86. The minimum Gasteiger partial charge on any atom is -0.324 e. The third kappa shape index (κ3) is 4.86. The molecule has 27 heavy (non-hydrogen) atoms. The number of halogens is 1. The fourth-order valence-electron chi connectivity index (χ4n) is 2.99. The largest absolute Gasteiger partial charge is 0.324 e. The molecule has 1 amide bonds. The van der Waals surface area contributed by atoms with E-state index in [0.717, 1.165) is 27.8 Å². The Morgan fingerprint density at radius 3 is 2.30 bits per heavy atom. The molecule has 146 valence electrons. The molecule has 0 spiro atoms. The number of para-hydroxylation sites is 1. The first kappa shape index (κ1) is 20.9. The highest BCUT2D eigenvalue weighted by molar-refractivity contribution is 7.92. The van der Waals surface area contributed by atoms with Gasteiger partial charge < -0.3 is 5.32 Å². The van der Waals surface area contributed by atoms with Crippen LogP contribution in [0.4, 0.5) is 15.8 Å². The molecule has 0 aliphatic heterocycles. The molecule has 0 radical (unpaired) electrons. The SMILES string of the molecule is Cc1cccc(C(C)C)c1NC(=O)C(C)N(c1cccc(F)c1)S(C)(=O)=O. The number of nitrogens with one attached hydrogen (secondary N) is 1. The number of carbonyl (C=O) groups is 1. The summed E-state index contributed by atoms with van der Waals surface area (Å²) in [7, 11) is -3.80. The first-order valence-corrected chi connectivity index (χ1v) is 10.5. The summed E-state index contributed by atoms with van der Waals surface area (Å²) in [6, 6.07) is 9.86. The van der Waals surface area contributed by atoms with Crippen LogP contribution in [-0.4, -0.2) is 26.6 Å². The van der Waals surface area contributed by atoms with Crippen molar-refractivity contribution in [3.05, 3.63) is 59.4 Å². The molecule has 0 fully saturated rings. The quantitative estimate of drug-likeness (QED) is 0.806. The standard InChI is InChI=1S/C20H25FN2O3S/c1-13(2)18-11-6-8-14(3)19(18)22-20(24)15(4)23(27(5,25)26)17-10-7-9-16(21)12-17/h6-13,15H,1-5H3,(H,22,24). The number of benzene rings is 2. The van der Waals surface area contributed by atoms with Crippen molar-refractivity contribution in [1.82, 2.24) is 0 Å². The first-order valence-electron chi connectivity index (χ1n) is 8.67. The minimum absolute atomic E-state index is 0.106. The number of hydrogen-bond donors (Lipinski definition) is 1. The highest BCUT2D eigenvalue weighted by Gasteiger charge is 2.30. The van der Waals surface area contributed by atoms with Gasteiger partial charge in [-0.05, 0) is 49.1 Å². The van der Waals surface area contributed by atoms with E-state index in [1.165, 1.54) is 25.1 Å². The van der Waals surface area contributed by atoms with E-state index in [1.807, 2.05) is 39.0 Å². The van der Waals surface area contributed by atoms with E-state index in [1.54, 1.807) is 0 Å². The second kappa shape index (κ2) is 8.08. The maximum Gasteiger partial charge on any atom is 0.248 e. The van der Waals surface area contributed by atoms with Crippen molar-refractivity contribution in [1.29, 1.82) is 0 Å². The van der Waals surface area contributed by atoms with Gasteiger partial charge in [-0.1, -0.05) is 38.1 Å². The number of carbonyl (C=O) groups excluding carboxylic acids is 1. The number of nitrogens with zero attached hydrogens (tertiary/aromatic N) is 1. The first-order chi connectivity index (χ1) is 12.5. The molecular formula is C20H25FN2O3S. The van der Waals surface area contributed by atoms with E-state index in [9.17, 15) is 17.6 Å². The lowest BCUT2D eigenvalue weighted by molar-refractivity contribution is -0.116. The van der Waals surface area contributed by atoms with Gasteiger partial charge in [-0.15, -0.1) is 0 Å². The van der Waals surface area contributed by atoms with Crippen LogP contribution < -0.4 is 9.62 Å². The smallest absolute Gasteiger partial charge is 0.248 e. The van der Waals surface area contributed by atoms with Crippen LogP contribution in [0.3, 0.4) is 0 Å². The van der Waals surface area contributed by atoms with Gasteiger partial charge in [-0.2, -0.15) is 0 Å². The molecule has 0 aromatic heterocycles. The lowest BCUT2D eigenvalue weighted by Gasteiger charge is -2.29. The summed E-state index contributed by atoms with van der Waals surface area (Å²) >= 11 is 0. The maximum atomic E-state index is 13.6. The van der Waals surface area contributed by atoms with Crippen molar-refractivity contribution in [2.24, 2.45) is 0 Å². The van der Waals surface area contributed by atoms with Crippen LogP contribution in [0.25, 0.3) is 0 Å². The Balaban J connectivity index is 2.40. The third-order valence-corrected chi connectivity index (χ3v) is 5.57. The summed E-state index contributed by atoms with van der Waals surface area (Å²) in [6.45, 7) is 7.40. The predicted octanol–water partition coefficient (Wildman–Crippen LogP) is 4.05. The summed E-state index contributed by atoms with van der Waals surface area (Å²) in [4.78, 5) is 12.9. The number of anilines is 2. The molecule has 0 aliphatic carbocycles. The van der Waals surface area contributed by atoms with Gasteiger partial charge in [-0.25, -0.2) is 12.8 Å². The van der Waals surface area contributed by atoms with Crippen LogP contribution >= 0.6 is 0 Å². The van der Waals surface area contributed by atoms with Crippen molar-refractivity contribution in [3.8, 4) is 0 Å². The maximum absolute atomic E-state index is 13.6. The molecule has 2 rings (SSSR count). The summed E-state index contributed by atoms with van der Waals surface area (Å²) in [6.07, 6.45) is 0.995. The number of hydrogen-bond acceptors (Lipinski definition) is 3. The average Bonchev–Trinajstić information content (AvgIpc) is 2.55. The molecule has 0 aliphatic rings. The normalized spacial score (nSPS) is 12.7. The van der Waals surface area contributed by atoms with E-state index in [2.05, 4.69) is 5.32 Å². The van der Waals surface area contributed by atoms with Gasteiger partial charge >= 0.3 is 0 Å². The van der Waals surface area contributed by atoms with E-state index in [4.69, 9.17) is 0 Å². The zero-order chi connectivity index (χ0) is 20.4. The number of amides is 1. The van der Waals surface area contributed by atoms with Crippen LogP contribution in [0.15, 0.2) is 42.5 Å². The van der Waals surface area contributed by atoms with Gasteiger partial charge in [0.15, 0.2) is 0 Å². The molecule has 0 saturated heterocycles. The van der Waals surface area contributed by atoms with E-state index in [-0.39, 0.29) is 11.6 Å². The molecule has 5 nitrogen and oxygen atoms in total. The zero-order valence-electron chi connectivity index (χ0n) is 16.2. The van der Waals surface area contributed by atoms with Gasteiger partial charge in [0.25, 0.3) is 0 Å². The van der Waals surface area contributed by atoms with Crippen LogP contribution in [0.5, 0.6) is 0 Å².